The van der Waals surface area contributed by atoms with Gasteiger partial charge in [-0.15, -0.1) is 24.8 Å². The van der Waals surface area contributed by atoms with Gasteiger partial charge in [0.25, 0.3) is 0 Å². The second-order valence-corrected chi connectivity index (χ2v) is 4.73. The number of nitrogens with zero attached hydrogens (tertiary/aromatic N) is 1. The molecule has 0 saturated heterocycles. The van der Waals surface area contributed by atoms with Crippen LogP contribution in [0.25, 0.3) is 0 Å². The number of hydrogen-bond donors (Lipinski definition) is 0. The first kappa shape index (κ1) is 16.3. The molecule has 1 rings (SSSR count). The highest BCUT2D eigenvalue weighted by Crippen LogP contribution is 2.30. The molecule has 4 nitrogen and oxygen atoms in total. The van der Waals surface area contributed by atoms with Gasteiger partial charge in [0.1, 0.15) is 0 Å². The maximum Gasteiger partial charge on any atom is 0.574 e. The summed E-state index contributed by atoms with van der Waals surface area (Å²) in [5, 5.41) is 0. The van der Waals surface area contributed by atoms with E-state index in [1.165, 1.54) is 6.20 Å². The van der Waals surface area contributed by atoms with Crippen molar-refractivity contribution in [3.63, 3.8) is 0 Å². The van der Waals surface area contributed by atoms with Gasteiger partial charge in [-0.05, 0) is 28.2 Å². The van der Waals surface area contributed by atoms with Crippen molar-refractivity contribution in [3.05, 3.63) is 20.9 Å². The molecule has 1 heterocycles. The third-order valence-corrected chi connectivity index (χ3v) is 3.30. The summed E-state index contributed by atoms with van der Waals surface area (Å²) in [6.07, 6.45) is -4.10. The van der Waals surface area contributed by atoms with Crippen molar-refractivity contribution in [2.75, 3.05) is 7.11 Å². The van der Waals surface area contributed by atoms with E-state index in [1.807, 2.05) is 22.6 Å². The van der Waals surface area contributed by atoms with Crippen molar-refractivity contribution < 1.29 is 27.4 Å². The fraction of sp³-hybridized carbons (Fsp3) is 0.400. The Labute approximate surface area is 125 Å². The lowest BCUT2D eigenvalue weighted by Gasteiger charge is -2.15. The van der Waals surface area contributed by atoms with Crippen molar-refractivity contribution in [1.29, 1.82) is 0 Å². The Morgan fingerprint density at radius 3 is 2.58 bits per heavy atom. The summed E-state index contributed by atoms with van der Waals surface area (Å²) < 4.78 is 45.6. The summed E-state index contributed by atoms with van der Waals surface area (Å²) in [5.74, 6) is -1.46. The van der Waals surface area contributed by atoms with Crippen LogP contribution >= 0.6 is 34.2 Å². The second kappa shape index (κ2) is 6.60. The minimum atomic E-state index is -4.89. The number of esters is 1. The van der Waals surface area contributed by atoms with Crippen molar-refractivity contribution in [2.45, 2.75) is 18.7 Å². The molecule has 0 N–H and O–H groups in total. The molecule has 0 aliphatic rings. The van der Waals surface area contributed by atoms with Gasteiger partial charge in [-0.1, -0.05) is 0 Å². The van der Waals surface area contributed by atoms with Crippen LogP contribution in [0.4, 0.5) is 13.2 Å². The van der Waals surface area contributed by atoms with Crippen molar-refractivity contribution in [1.82, 2.24) is 4.98 Å². The molecule has 0 amide bonds. The number of hydrogen-bond acceptors (Lipinski definition) is 4. The molecular weight excluding hydrogens is 401 g/mol. The fourth-order valence-electron chi connectivity index (χ4n) is 1.29. The first-order valence-electron chi connectivity index (χ1n) is 4.83. The van der Waals surface area contributed by atoms with Gasteiger partial charge in [-0.2, -0.15) is 0 Å². The molecular formula is C10H8ClF3INO3. The summed E-state index contributed by atoms with van der Waals surface area (Å²) in [5.41, 5.74) is 0.341. The summed E-state index contributed by atoms with van der Waals surface area (Å²) in [4.78, 5) is 14.8. The number of alkyl halides is 4. The fourth-order valence-corrected chi connectivity index (χ4v) is 2.47. The highest BCUT2D eigenvalue weighted by molar-refractivity contribution is 14.1. The zero-order chi connectivity index (χ0) is 14.6. The minimum absolute atomic E-state index is 0.0222. The number of rotatable bonds is 4. The summed E-state index contributed by atoms with van der Waals surface area (Å²) >= 11 is 7.55. The number of aromatic nitrogens is 1. The first-order chi connectivity index (χ1) is 8.78. The highest BCUT2D eigenvalue weighted by atomic mass is 127. The smallest absolute Gasteiger partial charge is 0.469 e. The lowest BCUT2D eigenvalue weighted by Crippen LogP contribution is -2.21. The van der Waals surface area contributed by atoms with Gasteiger partial charge in [0.05, 0.1) is 13.5 Å². The van der Waals surface area contributed by atoms with E-state index in [9.17, 15) is 18.0 Å². The Morgan fingerprint density at radius 2 is 2.11 bits per heavy atom. The number of ether oxygens (including phenoxy) is 2. The second-order valence-electron chi connectivity index (χ2n) is 3.30. The van der Waals surface area contributed by atoms with Crippen LogP contribution < -0.4 is 4.74 Å². The first-order valence-corrected chi connectivity index (χ1v) is 6.44. The third-order valence-electron chi connectivity index (χ3n) is 2.10. The van der Waals surface area contributed by atoms with E-state index in [-0.39, 0.29) is 11.4 Å². The number of methoxy groups -OCH3 is 1. The molecule has 0 aliphatic carbocycles. The molecule has 0 fully saturated rings. The summed E-state index contributed by atoms with van der Waals surface area (Å²) in [6.45, 7) is 0. The number of pyridine rings is 1. The van der Waals surface area contributed by atoms with Gasteiger partial charge in [0.2, 0.25) is 5.88 Å². The van der Waals surface area contributed by atoms with Crippen LogP contribution in [0, 0.1) is 3.57 Å². The Hall–Kier alpha value is -0.770. The molecule has 0 aliphatic heterocycles. The van der Waals surface area contributed by atoms with Crippen LogP contribution in [0.1, 0.15) is 11.1 Å². The van der Waals surface area contributed by atoms with E-state index in [0.29, 0.717) is 9.13 Å². The van der Waals surface area contributed by atoms with Crippen LogP contribution in [-0.2, 0) is 21.8 Å². The molecule has 0 radical (unpaired) electrons. The predicted octanol–water partition coefficient (Wildman–Crippen LogP) is 3.04. The molecule has 0 bridgehead atoms. The standard InChI is InChI=1S/C10H8ClF3INO3/c1-18-8(17)2-5-6(3-11)7(15)4-16-9(5)19-10(12,13)14/h4H,2-3H2,1H3. The molecule has 9 heteroatoms. The quantitative estimate of drug-likeness (QED) is 0.436. The topological polar surface area (TPSA) is 48.4 Å². The van der Waals surface area contributed by atoms with Gasteiger partial charge in [0, 0.05) is 21.2 Å². The zero-order valence-corrected chi connectivity index (χ0v) is 12.5. The molecule has 0 aromatic carbocycles. The van der Waals surface area contributed by atoms with E-state index < -0.39 is 24.6 Å². The van der Waals surface area contributed by atoms with Crippen LogP contribution in [0.3, 0.4) is 0 Å². The summed E-state index contributed by atoms with van der Waals surface area (Å²) in [6, 6.07) is 0. The van der Waals surface area contributed by atoms with Gasteiger partial charge >= 0.3 is 12.3 Å². The van der Waals surface area contributed by atoms with Gasteiger partial charge in [-0.25, -0.2) is 4.98 Å². The minimum Gasteiger partial charge on any atom is -0.469 e. The molecule has 0 atom stereocenters. The maximum atomic E-state index is 12.3. The van der Waals surface area contributed by atoms with Gasteiger partial charge in [0.15, 0.2) is 0 Å². The van der Waals surface area contributed by atoms with Crippen molar-refractivity contribution in [2.24, 2.45) is 0 Å². The molecule has 19 heavy (non-hydrogen) atoms. The Kier molecular flexibility index (Phi) is 5.65. The third kappa shape index (κ3) is 4.68. The van der Waals surface area contributed by atoms with Crippen molar-refractivity contribution >= 4 is 40.2 Å². The number of carbonyl (C=O) groups excluding carboxylic acids is 1. The Morgan fingerprint density at radius 1 is 1.47 bits per heavy atom. The predicted molar refractivity (Wildman–Crippen MR) is 68.9 cm³/mol. The molecule has 106 valence electrons. The average molecular weight is 410 g/mol. The van der Waals surface area contributed by atoms with E-state index in [1.54, 1.807) is 0 Å². The van der Waals surface area contributed by atoms with Crippen LogP contribution in [0.15, 0.2) is 6.20 Å². The zero-order valence-electron chi connectivity index (χ0n) is 9.55. The van der Waals surface area contributed by atoms with E-state index in [2.05, 4.69) is 14.5 Å². The Balaban J connectivity index is 3.25. The molecule has 1 aromatic heterocycles. The lowest BCUT2D eigenvalue weighted by molar-refractivity contribution is -0.276. The highest BCUT2D eigenvalue weighted by Gasteiger charge is 2.34. The lowest BCUT2D eigenvalue weighted by atomic mass is 10.1. The Bertz CT molecular complexity index is 482. The number of halogens is 5. The van der Waals surface area contributed by atoms with E-state index in [4.69, 9.17) is 11.6 Å². The summed E-state index contributed by atoms with van der Waals surface area (Å²) in [7, 11) is 1.13. The average Bonchev–Trinajstić information content (AvgIpc) is 2.31. The van der Waals surface area contributed by atoms with Crippen LogP contribution in [0.5, 0.6) is 5.88 Å². The van der Waals surface area contributed by atoms with Crippen LogP contribution in [-0.4, -0.2) is 24.4 Å². The van der Waals surface area contributed by atoms with Gasteiger partial charge in [-0.3, -0.25) is 4.79 Å². The molecule has 0 saturated carbocycles. The monoisotopic (exact) mass is 409 g/mol. The molecule has 0 unspecified atom stereocenters. The molecule has 0 spiro atoms. The van der Waals surface area contributed by atoms with E-state index in [0.717, 1.165) is 7.11 Å². The van der Waals surface area contributed by atoms with Crippen LogP contribution in [0.2, 0.25) is 0 Å². The normalized spacial score (nSPS) is 11.3. The molecule has 1 aromatic rings. The maximum absolute atomic E-state index is 12.3. The van der Waals surface area contributed by atoms with E-state index >= 15 is 0 Å². The SMILES string of the molecule is COC(=O)Cc1c(OC(F)(F)F)ncc(I)c1CCl. The van der Waals surface area contributed by atoms with Gasteiger partial charge < -0.3 is 9.47 Å². The van der Waals surface area contributed by atoms with Crippen molar-refractivity contribution in [3.8, 4) is 5.88 Å². The number of carbonyl (C=O) groups is 1. The largest absolute Gasteiger partial charge is 0.574 e.